The van der Waals surface area contributed by atoms with Gasteiger partial charge in [0, 0.05) is 0 Å². The Hall–Kier alpha value is -1.44. The van der Waals surface area contributed by atoms with Crippen molar-refractivity contribution in [1.82, 2.24) is 4.98 Å². The number of halogens is 5. The quantitative estimate of drug-likeness (QED) is 0.811. The molecule has 96 valence electrons. The third-order valence-corrected chi connectivity index (χ3v) is 1.80. The second-order valence-corrected chi connectivity index (χ2v) is 3.27. The lowest BCUT2D eigenvalue weighted by atomic mass is 10.3. The van der Waals surface area contributed by atoms with Crippen LogP contribution in [0.15, 0.2) is 18.2 Å². The van der Waals surface area contributed by atoms with Crippen LogP contribution in [0, 0.1) is 0 Å². The maximum atomic E-state index is 12.6. The molecule has 1 aromatic heterocycles. The fraction of sp³-hybridized carbons (Fsp3) is 0.444. The number of aliphatic hydroxyl groups excluding tert-OH is 1. The zero-order valence-electron chi connectivity index (χ0n) is 8.43. The third-order valence-electron chi connectivity index (χ3n) is 1.80. The van der Waals surface area contributed by atoms with E-state index in [9.17, 15) is 22.0 Å². The molecule has 0 radical (unpaired) electrons. The van der Waals surface area contributed by atoms with Gasteiger partial charge in [-0.15, -0.1) is 0 Å². The molecule has 0 unspecified atom stereocenters. The summed E-state index contributed by atoms with van der Waals surface area (Å²) < 4.78 is 61.9. The van der Waals surface area contributed by atoms with Crippen molar-refractivity contribution >= 4 is 5.82 Å². The van der Waals surface area contributed by atoms with Gasteiger partial charge >= 0.3 is 6.18 Å². The average Bonchev–Trinajstić information content (AvgIpc) is 2.26. The molecule has 0 spiro atoms. The van der Waals surface area contributed by atoms with Gasteiger partial charge in [-0.2, -0.15) is 13.2 Å². The lowest BCUT2D eigenvalue weighted by Gasteiger charge is -2.15. The van der Waals surface area contributed by atoms with Crippen molar-refractivity contribution < 1.29 is 27.1 Å². The van der Waals surface area contributed by atoms with Crippen molar-refractivity contribution in [2.75, 3.05) is 18.5 Å². The van der Waals surface area contributed by atoms with Crippen LogP contribution in [0.5, 0.6) is 0 Å². The van der Waals surface area contributed by atoms with Crippen LogP contribution in [0.25, 0.3) is 0 Å². The molecule has 2 N–H and O–H groups in total. The Morgan fingerprint density at radius 3 is 2.35 bits per heavy atom. The lowest BCUT2D eigenvalue weighted by Crippen LogP contribution is -2.31. The van der Waals surface area contributed by atoms with Crippen molar-refractivity contribution in [1.29, 1.82) is 0 Å². The van der Waals surface area contributed by atoms with E-state index in [-0.39, 0.29) is 5.82 Å². The van der Waals surface area contributed by atoms with Crippen LogP contribution in [0.4, 0.5) is 27.8 Å². The molecule has 0 saturated heterocycles. The van der Waals surface area contributed by atoms with Gasteiger partial charge < -0.3 is 10.4 Å². The van der Waals surface area contributed by atoms with Crippen LogP contribution in [-0.4, -0.2) is 29.2 Å². The molecule has 0 amide bonds. The minimum atomic E-state index is -4.63. The van der Waals surface area contributed by atoms with Crippen LogP contribution >= 0.6 is 0 Å². The molecule has 0 aromatic carbocycles. The third kappa shape index (κ3) is 4.14. The maximum Gasteiger partial charge on any atom is 0.433 e. The monoisotopic (exact) mass is 256 g/mol. The van der Waals surface area contributed by atoms with Gasteiger partial charge in [-0.1, -0.05) is 6.07 Å². The first-order valence-corrected chi connectivity index (χ1v) is 4.51. The summed E-state index contributed by atoms with van der Waals surface area (Å²) in [6.45, 7) is -2.38. The summed E-state index contributed by atoms with van der Waals surface area (Å²) in [7, 11) is 0. The number of rotatable bonds is 4. The molecule has 0 saturated carbocycles. The molecule has 0 fully saturated rings. The van der Waals surface area contributed by atoms with Gasteiger partial charge in [0.2, 0.25) is 0 Å². The smallest absolute Gasteiger partial charge is 0.390 e. The minimum absolute atomic E-state index is 0.326. The van der Waals surface area contributed by atoms with Crippen molar-refractivity contribution in [3.05, 3.63) is 23.9 Å². The number of aromatic nitrogens is 1. The molecule has 1 rings (SSSR count). The van der Waals surface area contributed by atoms with Crippen molar-refractivity contribution in [2.24, 2.45) is 0 Å². The highest BCUT2D eigenvalue weighted by Crippen LogP contribution is 2.28. The SMILES string of the molecule is OCC(F)(F)CNc1cccc(C(F)(F)F)n1. The zero-order chi connectivity index (χ0) is 13.1. The summed E-state index contributed by atoms with van der Waals surface area (Å²) in [5.41, 5.74) is -1.17. The standard InChI is InChI=1S/C9H9F5N2O/c10-8(11,5-17)4-15-7-3-1-2-6(16-7)9(12,13)14/h1-3,17H,4-5H2,(H,15,16). The normalized spacial score (nSPS) is 12.6. The maximum absolute atomic E-state index is 12.6. The van der Waals surface area contributed by atoms with E-state index >= 15 is 0 Å². The Balaban J connectivity index is 2.74. The number of aliphatic hydroxyl groups is 1. The van der Waals surface area contributed by atoms with Crippen LogP contribution < -0.4 is 5.32 Å². The molecular formula is C9H9F5N2O. The Kier molecular flexibility index (Phi) is 3.87. The van der Waals surface area contributed by atoms with E-state index in [0.29, 0.717) is 0 Å². The van der Waals surface area contributed by atoms with Crippen LogP contribution in [0.2, 0.25) is 0 Å². The van der Waals surface area contributed by atoms with E-state index in [4.69, 9.17) is 5.11 Å². The highest BCUT2D eigenvalue weighted by molar-refractivity contribution is 5.36. The number of nitrogens with one attached hydrogen (secondary N) is 1. The highest BCUT2D eigenvalue weighted by Gasteiger charge is 2.33. The molecule has 0 atom stereocenters. The van der Waals surface area contributed by atoms with Gasteiger partial charge in [0.15, 0.2) is 0 Å². The summed E-state index contributed by atoms with van der Waals surface area (Å²) in [6.07, 6.45) is -4.63. The van der Waals surface area contributed by atoms with Crippen molar-refractivity contribution in [2.45, 2.75) is 12.1 Å². The van der Waals surface area contributed by atoms with Crippen LogP contribution in [0.1, 0.15) is 5.69 Å². The molecule has 3 nitrogen and oxygen atoms in total. The molecule has 17 heavy (non-hydrogen) atoms. The number of hydrogen-bond acceptors (Lipinski definition) is 3. The van der Waals surface area contributed by atoms with Gasteiger partial charge in [0.25, 0.3) is 5.92 Å². The van der Waals surface area contributed by atoms with Crippen molar-refractivity contribution in [3.63, 3.8) is 0 Å². The Bertz CT molecular complexity index is 380. The molecule has 0 aliphatic rings. The highest BCUT2D eigenvalue weighted by atomic mass is 19.4. The van der Waals surface area contributed by atoms with E-state index < -0.39 is 30.9 Å². The summed E-state index contributed by atoms with van der Waals surface area (Å²) in [5.74, 6) is -3.73. The second-order valence-electron chi connectivity index (χ2n) is 3.27. The number of alkyl halides is 5. The number of hydrogen-bond donors (Lipinski definition) is 2. The van der Waals surface area contributed by atoms with Gasteiger partial charge in [0.1, 0.15) is 18.1 Å². The first kappa shape index (κ1) is 13.6. The first-order chi connectivity index (χ1) is 7.74. The summed E-state index contributed by atoms with van der Waals surface area (Å²) in [6, 6.07) is 2.91. The van der Waals surface area contributed by atoms with Gasteiger partial charge in [-0.25, -0.2) is 13.8 Å². The fourth-order valence-electron chi connectivity index (χ4n) is 0.967. The van der Waals surface area contributed by atoms with Gasteiger partial charge in [-0.3, -0.25) is 0 Å². The van der Waals surface area contributed by atoms with Gasteiger partial charge in [0.05, 0.1) is 6.54 Å². The van der Waals surface area contributed by atoms with Crippen LogP contribution in [0.3, 0.4) is 0 Å². The topological polar surface area (TPSA) is 45.1 Å². The van der Waals surface area contributed by atoms with Gasteiger partial charge in [-0.05, 0) is 12.1 Å². The molecule has 1 aromatic rings. The number of anilines is 1. The first-order valence-electron chi connectivity index (χ1n) is 4.51. The minimum Gasteiger partial charge on any atom is -0.390 e. The predicted molar refractivity (Wildman–Crippen MR) is 49.8 cm³/mol. The molecule has 1 heterocycles. The van der Waals surface area contributed by atoms with E-state index in [1.54, 1.807) is 0 Å². The second kappa shape index (κ2) is 4.82. The molecular weight excluding hydrogens is 247 g/mol. The molecule has 0 bridgehead atoms. The lowest BCUT2D eigenvalue weighted by molar-refractivity contribution is -0.141. The Labute approximate surface area is 93.3 Å². The summed E-state index contributed by atoms with van der Waals surface area (Å²) >= 11 is 0. The number of nitrogens with zero attached hydrogens (tertiary/aromatic N) is 1. The zero-order valence-corrected chi connectivity index (χ0v) is 8.43. The van der Waals surface area contributed by atoms with Crippen LogP contribution in [-0.2, 0) is 6.18 Å². The summed E-state index contributed by atoms with van der Waals surface area (Å²) in [4.78, 5) is 3.13. The van der Waals surface area contributed by atoms with E-state index in [1.807, 2.05) is 5.32 Å². The Morgan fingerprint density at radius 2 is 1.82 bits per heavy atom. The van der Waals surface area contributed by atoms with E-state index in [0.717, 1.165) is 18.2 Å². The molecule has 0 aliphatic carbocycles. The van der Waals surface area contributed by atoms with E-state index in [1.165, 1.54) is 0 Å². The van der Waals surface area contributed by atoms with E-state index in [2.05, 4.69) is 4.98 Å². The average molecular weight is 256 g/mol. The fourth-order valence-corrected chi connectivity index (χ4v) is 0.967. The largest absolute Gasteiger partial charge is 0.433 e. The predicted octanol–water partition coefficient (Wildman–Crippen LogP) is 2.14. The number of pyridine rings is 1. The molecule has 0 aliphatic heterocycles. The van der Waals surface area contributed by atoms with Crippen molar-refractivity contribution in [3.8, 4) is 0 Å². The molecule has 8 heteroatoms. The summed E-state index contributed by atoms with van der Waals surface area (Å²) in [5, 5.41) is 10.3. The Morgan fingerprint density at radius 1 is 1.18 bits per heavy atom.